The Morgan fingerprint density at radius 3 is 2.91 bits per heavy atom. The SMILES string of the molecule is CC1=CCc2c(Cl)cccc21. The number of allylic oxidation sites excluding steroid dienone is 2. The van der Waals surface area contributed by atoms with Gasteiger partial charge in [0.15, 0.2) is 0 Å². The molecule has 0 amide bonds. The van der Waals surface area contributed by atoms with Gasteiger partial charge in [-0.25, -0.2) is 0 Å². The summed E-state index contributed by atoms with van der Waals surface area (Å²) in [6.45, 7) is 2.13. The van der Waals surface area contributed by atoms with Gasteiger partial charge in [-0.05, 0) is 36.1 Å². The van der Waals surface area contributed by atoms with Gasteiger partial charge in [-0.15, -0.1) is 0 Å². The van der Waals surface area contributed by atoms with Gasteiger partial charge in [0, 0.05) is 5.02 Å². The quantitative estimate of drug-likeness (QED) is 0.552. The van der Waals surface area contributed by atoms with E-state index in [1.165, 1.54) is 16.7 Å². The lowest BCUT2D eigenvalue weighted by molar-refractivity contribution is 1.31. The van der Waals surface area contributed by atoms with Crippen LogP contribution in [0.1, 0.15) is 18.1 Å². The first kappa shape index (κ1) is 6.93. The van der Waals surface area contributed by atoms with Crippen molar-refractivity contribution in [3.05, 3.63) is 40.4 Å². The fourth-order valence-corrected chi connectivity index (χ4v) is 1.75. The predicted molar refractivity (Wildman–Crippen MR) is 48.8 cm³/mol. The molecule has 0 N–H and O–H groups in total. The zero-order chi connectivity index (χ0) is 7.84. The van der Waals surface area contributed by atoms with Crippen LogP contribution in [-0.2, 0) is 6.42 Å². The van der Waals surface area contributed by atoms with E-state index in [9.17, 15) is 0 Å². The molecule has 0 heterocycles. The molecule has 0 saturated carbocycles. The van der Waals surface area contributed by atoms with Gasteiger partial charge in [0.1, 0.15) is 0 Å². The van der Waals surface area contributed by atoms with Crippen LogP contribution in [-0.4, -0.2) is 0 Å². The molecule has 2 rings (SSSR count). The third kappa shape index (κ3) is 0.982. The number of rotatable bonds is 0. The Labute approximate surface area is 71.5 Å². The first-order valence-electron chi connectivity index (χ1n) is 3.73. The monoisotopic (exact) mass is 164 g/mol. The third-order valence-electron chi connectivity index (χ3n) is 2.16. The van der Waals surface area contributed by atoms with E-state index in [0.29, 0.717) is 0 Å². The lowest BCUT2D eigenvalue weighted by Gasteiger charge is -2.01. The van der Waals surface area contributed by atoms with E-state index in [0.717, 1.165) is 11.4 Å². The highest BCUT2D eigenvalue weighted by atomic mass is 35.5. The summed E-state index contributed by atoms with van der Waals surface area (Å²) in [5.74, 6) is 0. The van der Waals surface area contributed by atoms with Crippen LogP contribution in [0.3, 0.4) is 0 Å². The Morgan fingerprint density at radius 2 is 2.18 bits per heavy atom. The minimum Gasteiger partial charge on any atom is -0.0840 e. The van der Waals surface area contributed by atoms with Crippen molar-refractivity contribution >= 4 is 17.2 Å². The van der Waals surface area contributed by atoms with Gasteiger partial charge < -0.3 is 0 Å². The van der Waals surface area contributed by atoms with Crippen LogP contribution in [0.2, 0.25) is 5.02 Å². The summed E-state index contributed by atoms with van der Waals surface area (Å²) in [6, 6.07) is 6.08. The van der Waals surface area contributed by atoms with Crippen LogP contribution in [0, 0.1) is 0 Å². The molecule has 0 aliphatic heterocycles. The van der Waals surface area contributed by atoms with Crippen molar-refractivity contribution in [3.8, 4) is 0 Å². The lowest BCUT2D eigenvalue weighted by atomic mass is 10.1. The number of hydrogen-bond donors (Lipinski definition) is 0. The Balaban J connectivity index is 2.64. The fraction of sp³-hybridized carbons (Fsp3) is 0.200. The molecule has 1 aromatic carbocycles. The molecule has 0 nitrogen and oxygen atoms in total. The van der Waals surface area contributed by atoms with Gasteiger partial charge in [0.05, 0.1) is 0 Å². The molecule has 1 aliphatic rings. The largest absolute Gasteiger partial charge is 0.0840 e. The van der Waals surface area contributed by atoms with Crippen LogP contribution in [0.25, 0.3) is 5.57 Å². The number of benzene rings is 1. The van der Waals surface area contributed by atoms with Gasteiger partial charge in [0.2, 0.25) is 0 Å². The average Bonchev–Trinajstić information content (AvgIpc) is 2.35. The van der Waals surface area contributed by atoms with Crippen molar-refractivity contribution in [2.24, 2.45) is 0 Å². The van der Waals surface area contributed by atoms with Crippen molar-refractivity contribution in [1.82, 2.24) is 0 Å². The van der Waals surface area contributed by atoms with E-state index >= 15 is 0 Å². The highest BCUT2D eigenvalue weighted by Gasteiger charge is 2.11. The topological polar surface area (TPSA) is 0 Å². The first-order valence-corrected chi connectivity index (χ1v) is 4.11. The molecule has 11 heavy (non-hydrogen) atoms. The molecular formula is C10H9Cl. The Kier molecular flexibility index (Phi) is 1.50. The van der Waals surface area contributed by atoms with Crippen molar-refractivity contribution in [2.75, 3.05) is 0 Å². The zero-order valence-electron chi connectivity index (χ0n) is 6.39. The van der Waals surface area contributed by atoms with Crippen molar-refractivity contribution in [3.63, 3.8) is 0 Å². The number of halogens is 1. The Morgan fingerprint density at radius 1 is 1.36 bits per heavy atom. The fourth-order valence-electron chi connectivity index (χ4n) is 1.50. The minimum absolute atomic E-state index is 0.899. The standard InChI is InChI=1S/C10H9Cl/c1-7-5-6-9-8(7)3-2-4-10(9)11/h2-5H,6H2,1H3. The second kappa shape index (κ2) is 2.38. The molecule has 0 spiro atoms. The maximum atomic E-state index is 6.00. The molecule has 0 atom stereocenters. The van der Waals surface area contributed by atoms with E-state index in [-0.39, 0.29) is 0 Å². The molecule has 0 radical (unpaired) electrons. The maximum absolute atomic E-state index is 6.00. The molecule has 0 aromatic heterocycles. The summed E-state index contributed by atoms with van der Waals surface area (Å²) in [6.07, 6.45) is 3.22. The first-order chi connectivity index (χ1) is 5.29. The molecule has 56 valence electrons. The van der Waals surface area contributed by atoms with Crippen LogP contribution in [0.4, 0.5) is 0 Å². The molecule has 0 fully saturated rings. The summed E-state index contributed by atoms with van der Waals surface area (Å²) < 4.78 is 0. The van der Waals surface area contributed by atoms with Gasteiger partial charge in [-0.2, -0.15) is 0 Å². The maximum Gasteiger partial charge on any atom is 0.0447 e. The summed E-state index contributed by atoms with van der Waals surface area (Å²) >= 11 is 6.00. The normalized spacial score (nSPS) is 14.5. The van der Waals surface area contributed by atoms with Crippen LogP contribution < -0.4 is 0 Å². The second-order valence-corrected chi connectivity index (χ2v) is 3.26. The van der Waals surface area contributed by atoms with Crippen molar-refractivity contribution < 1.29 is 0 Å². The van der Waals surface area contributed by atoms with E-state index in [2.05, 4.69) is 19.1 Å². The van der Waals surface area contributed by atoms with E-state index in [1.54, 1.807) is 0 Å². The van der Waals surface area contributed by atoms with Gasteiger partial charge in [-0.3, -0.25) is 0 Å². The van der Waals surface area contributed by atoms with Gasteiger partial charge >= 0.3 is 0 Å². The molecule has 0 unspecified atom stereocenters. The van der Waals surface area contributed by atoms with Crippen molar-refractivity contribution in [2.45, 2.75) is 13.3 Å². The lowest BCUT2D eigenvalue weighted by Crippen LogP contribution is -1.82. The van der Waals surface area contributed by atoms with Gasteiger partial charge in [0.25, 0.3) is 0 Å². The molecule has 1 heteroatoms. The Bertz CT molecular complexity index is 324. The van der Waals surface area contributed by atoms with E-state index in [4.69, 9.17) is 11.6 Å². The van der Waals surface area contributed by atoms with Crippen molar-refractivity contribution in [1.29, 1.82) is 0 Å². The summed E-state index contributed by atoms with van der Waals surface area (Å²) in [5.41, 5.74) is 3.95. The molecular weight excluding hydrogens is 156 g/mol. The van der Waals surface area contributed by atoms with Gasteiger partial charge in [-0.1, -0.05) is 29.8 Å². The second-order valence-electron chi connectivity index (χ2n) is 2.86. The average molecular weight is 165 g/mol. The minimum atomic E-state index is 0.899. The third-order valence-corrected chi connectivity index (χ3v) is 2.51. The van der Waals surface area contributed by atoms with E-state index in [1.807, 2.05) is 12.1 Å². The van der Waals surface area contributed by atoms with Crippen LogP contribution >= 0.6 is 11.6 Å². The summed E-state index contributed by atoms with van der Waals surface area (Å²) in [4.78, 5) is 0. The molecule has 1 aliphatic carbocycles. The number of hydrogen-bond acceptors (Lipinski definition) is 0. The van der Waals surface area contributed by atoms with Crippen LogP contribution in [0.5, 0.6) is 0 Å². The molecule has 0 bridgehead atoms. The zero-order valence-corrected chi connectivity index (χ0v) is 7.15. The smallest absolute Gasteiger partial charge is 0.0447 e. The summed E-state index contributed by atoms with van der Waals surface area (Å²) in [7, 11) is 0. The highest BCUT2D eigenvalue weighted by Crippen LogP contribution is 2.31. The predicted octanol–water partition coefficient (Wildman–Crippen LogP) is 3.30. The Hall–Kier alpha value is -0.750. The molecule has 0 saturated heterocycles. The summed E-state index contributed by atoms with van der Waals surface area (Å²) in [5, 5.41) is 0.899. The highest BCUT2D eigenvalue weighted by molar-refractivity contribution is 6.31. The molecule has 1 aromatic rings. The van der Waals surface area contributed by atoms with E-state index < -0.39 is 0 Å². The number of fused-ring (bicyclic) bond motifs is 1. The van der Waals surface area contributed by atoms with Crippen LogP contribution in [0.15, 0.2) is 24.3 Å².